The molecular weight excluding hydrogens is 284 g/mol. The molecule has 2 fully saturated rings. The van der Waals surface area contributed by atoms with E-state index in [0.29, 0.717) is 18.5 Å². The van der Waals surface area contributed by atoms with Gasteiger partial charge in [0.25, 0.3) is 0 Å². The highest BCUT2D eigenvalue weighted by Gasteiger charge is 2.23. The van der Waals surface area contributed by atoms with E-state index >= 15 is 0 Å². The molecule has 0 aromatic heterocycles. The molecule has 0 radical (unpaired) electrons. The maximum absolute atomic E-state index is 12.3. The van der Waals surface area contributed by atoms with Crippen molar-refractivity contribution in [1.82, 2.24) is 5.32 Å². The molecule has 114 valence electrons. The molecule has 2 aliphatic rings. The predicted molar refractivity (Wildman–Crippen MR) is 85.8 cm³/mol. The summed E-state index contributed by atoms with van der Waals surface area (Å²) in [5, 5.41) is 6.93. The molecule has 1 aliphatic carbocycles. The van der Waals surface area contributed by atoms with Crippen molar-refractivity contribution < 1.29 is 9.53 Å². The summed E-state index contributed by atoms with van der Waals surface area (Å²) in [6, 6.07) is 7.85. The third-order valence-corrected chi connectivity index (χ3v) is 5.39. The van der Waals surface area contributed by atoms with E-state index < -0.39 is 0 Å². The SMILES string of the molecule is O=C(Nc1ccccc1SC1CCCC1)C1COCCN1. The second kappa shape index (κ2) is 7.29. The standard InChI is InChI=1S/C16H22N2O2S/c19-16(14-11-20-10-9-17-14)18-13-7-3-4-8-15(13)21-12-5-1-2-6-12/h3-4,7-8,12,14,17H,1-2,5-6,9-11H2,(H,18,19). The largest absolute Gasteiger partial charge is 0.378 e. The van der Waals surface area contributed by atoms with Gasteiger partial charge < -0.3 is 15.4 Å². The molecule has 3 rings (SSSR count). The van der Waals surface area contributed by atoms with Crippen LogP contribution in [0.3, 0.4) is 0 Å². The summed E-state index contributed by atoms with van der Waals surface area (Å²) in [6.45, 7) is 1.86. The van der Waals surface area contributed by atoms with Crippen LogP contribution in [0, 0.1) is 0 Å². The van der Waals surface area contributed by atoms with Crippen LogP contribution in [0.4, 0.5) is 5.69 Å². The molecule has 4 nitrogen and oxygen atoms in total. The van der Waals surface area contributed by atoms with Gasteiger partial charge in [0.05, 0.1) is 18.9 Å². The minimum absolute atomic E-state index is 0.00540. The van der Waals surface area contributed by atoms with Crippen molar-refractivity contribution in [2.75, 3.05) is 25.1 Å². The van der Waals surface area contributed by atoms with Crippen molar-refractivity contribution in [2.24, 2.45) is 0 Å². The summed E-state index contributed by atoms with van der Waals surface area (Å²) in [6.07, 6.45) is 5.22. The van der Waals surface area contributed by atoms with Gasteiger partial charge in [-0.15, -0.1) is 11.8 Å². The molecule has 21 heavy (non-hydrogen) atoms. The number of ether oxygens (including phenoxy) is 1. The van der Waals surface area contributed by atoms with E-state index in [9.17, 15) is 4.79 Å². The molecule has 1 heterocycles. The highest BCUT2D eigenvalue weighted by Crippen LogP contribution is 2.38. The molecule has 1 aliphatic heterocycles. The van der Waals surface area contributed by atoms with Gasteiger partial charge in [0.2, 0.25) is 5.91 Å². The van der Waals surface area contributed by atoms with E-state index in [4.69, 9.17) is 4.74 Å². The minimum Gasteiger partial charge on any atom is -0.378 e. The number of benzene rings is 1. The summed E-state index contributed by atoms with van der Waals surface area (Å²) < 4.78 is 5.35. The fourth-order valence-electron chi connectivity index (χ4n) is 2.81. The monoisotopic (exact) mass is 306 g/mol. The maximum atomic E-state index is 12.3. The zero-order valence-electron chi connectivity index (χ0n) is 12.1. The minimum atomic E-state index is -0.247. The number of carbonyl (C=O) groups excluding carboxylic acids is 1. The van der Waals surface area contributed by atoms with Gasteiger partial charge in [-0.3, -0.25) is 4.79 Å². The second-order valence-electron chi connectivity index (χ2n) is 5.59. The Balaban J connectivity index is 1.65. The van der Waals surface area contributed by atoms with Gasteiger partial charge >= 0.3 is 0 Å². The van der Waals surface area contributed by atoms with Gasteiger partial charge in [-0.2, -0.15) is 0 Å². The Morgan fingerprint density at radius 2 is 2.10 bits per heavy atom. The predicted octanol–water partition coefficient (Wildman–Crippen LogP) is 2.65. The van der Waals surface area contributed by atoms with Crippen LogP contribution in [0.2, 0.25) is 0 Å². The van der Waals surface area contributed by atoms with Crippen molar-refractivity contribution in [2.45, 2.75) is 41.9 Å². The zero-order chi connectivity index (χ0) is 14.5. The average Bonchev–Trinajstić information content (AvgIpc) is 3.03. The summed E-state index contributed by atoms with van der Waals surface area (Å²) in [4.78, 5) is 13.5. The van der Waals surface area contributed by atoms with Crippen LogP contribution in [0.1, 0.15) is 25.7 Å². The maximum Gasteiger partial charge on any atom is 0.243 e. The van der Waals surface area contributed by atoms with Gasteiger partial charge in [-0.25, -0.2) is 0 Å². The fourth-order valence-corrected chi connectivity index (χ4v) is 4.14. The van der Waals surface area contributed by atoms with Gasteiger partial charge in [-0.1, -0.05) is 25.0 Å². The Labute approximate surface area is 130 Å². The van der Waals surface area contributed by atoms with E-state index in [-0.39, 0.29) is 11.9 Å². The van der Waals surface area contributed by atoms with Gasteiger partial charge in [0, 0.05) is 16.7 Å². The van der Waals surface area contributed by atoms with E-state index in [1.807, 2.05) is 30.0 Å². The van der Waals surface area contributed by atoms with E-state index in [2.05, 4.69) is 16.7 Å². The number of morpholine rings is 1. The number of hydrogen-bond donors (Lipinski definition) is 2. The molecule has 0 bridgehead atoms. The van der Waals surface area contributed by atoms with Gasteiger partial charge in [0.15, 0.2) is 0 Å². The third kappa shape index (κ3) is 3.99. The first-order valence-electron chi connectivity index (χ1n) is 7.70. The molecule has 1 atom stereocenters. The number of nitrogens with one attached hydrogen (secondary N) is 2. The van der Waals surface area contributed by atoms with Crippen LogP contribution in [-0.2, 0) is 9.53 Å². The quantitative estimate of drug-likeness (QED) is 0.898. The van der Waals surface area contributed by atoms with E-state index in [1.54, 1.807) is 0 Å². The topological polar surface area (TPSA) is 50.4 Å². The normalized spacial score (nSPS) is 23.1. The summed E-state index contributed by atoms with van der Waals surface area (Å²) >= 11 is 1.90. The summed E-state index contributed by atoms with van der Waals surface area (Å²) in [5.74, 6) is -0.00540. The first-order chi connectivity index (χ1) is 10.3. The summed E-state index contributed by atoms with van der Waals surface area (Å²) in [5.41, 5.74) is 0.923. The van der Waals surface area contributed by atoms with Crippen LogP contribution in [0.25, 0.3) is 0 Å². The van der Waals surface area contributed by atoms with Crippen molar-refractivity contribution in [1.29, 1.82) is 0 Å². The number of anilines is 1. The Hall–Kier alpha value is -1.04. The molecule has 1 saturated heterocycles. The molecule has 1 saturated carbocycles. The third-order valence-electron chi connectivity index (χ3n) is 3.98. The lowest BCUT2D eigenvalue weighted by atomic mass is 10.2. The molecule has 1 amide bonds. The number of rotatable bonds is 4. The van der Waals surface area contributed by atoms with Crippen LogP contribution in [0.5, 0.6) is 0 Å². The first kappa shape index (κ1) is 14.9. The molecular formula is C16H22N2O2S. The van der Waals surface area contributed by atoms with Crippen molar-refractivity contribution in [3.05, 3.63) is 24.3 Å². The zero-order valence-corrected chi connectivity index (χ0v) is 13.0. The highest BCUT2D eigenvalue weighted by atomic mass is 32.2. The second-order valence-corrected chi connectivity index (χ2v) is 6.93. The lowest BCUT2D eigenvalue weighted by Crippen LogP contribution is -2.48. The smallest absolute Gasteiger partial charge is 0.243 e. The Kier molecular flexibility index (Phi) is 5.17. The lowest BCUT2D eigenvalue weighted by Gasteiger charge is -2.23. The molecule has 1 aromatic rings. The number of carbonyl (C=O) groups is 1. The molecule has 5 heteroatoms. The van der Waals surface area contributed by atoms with Crippen molar-refractivity contribution in [3.8, 4) is 0 Å². The van der Waals surface area contributed by atoms with Crippen LogP contribution < -0.4 is 10.6 Å². The van der Waals surface area contributed by atoms with Crippen LogP contribution in [0.15, 0.2) is 29.2 Å². The van der Waals surface area contributed by atoms with Crippen LogP contribution in [-0.4, -0.2) is 37.0 Å². The number of amides is 1. The fraction of sp³-hybridized carbons (Fsp3) is 0.562. The molecule has 2 N–H and O–H groups in total. The highest BCUT2D eigenvalue weighted by molar-refractivity contribution is 8.00. The Morgan fingerprint density at radius 1 is 1.29 bits per heavy atom. The van der Waals surface area contributed by atoms with Gasteiger partial charge in [0.1, 0.15) is 6.04 Å². The number of thioether (sulfide) groups is 1. The van der Waals surface area contributed by atoms with E-state index in [0.717, 1.165) is 12.2 Å². The Bertz CT molecular complexity index is 483. The number of para-hydroxylation sites is 1. The first-order valence-corrected chi connectivity index (χ1v) is 8.58. The van der Waals surface area contributed by atoms with E-state index in [1.165, 1.54) is 30.6 Å². The molecule has 1 unspecified atom stereocenters. The number of hydrogen-bond acceptors (Lipinski definition) is 4. The molecule has 1 aromatic carbocycles. The average molecular weight is 306 g/mol. The molecule has 0 spiro atoms. The van der Waals surface area contributed by atoms with Crippen molar-refractivity contribution >= 4 is 23.4 Å². The lowest BCUT2D eigenvalue weighted by molar-refractivity contribution is -0.120. The van der Waals surface area contributed by atoms with Crippen LogP contribution >= 0.6 is 11.8 Å². The van der Waals surface area contributed by atoms with Gasteiger partial charge in [-0.05, 0) is 25.0 Å². The summed E-state index contributed by atoms with van der Waals surface area (Å²) in [7, 11) is 0. The van der Waals surface area contributed by atoms with Crippen molar-refractivity contribution in [3.63, 3.8) is 0 Å². The Morgan fingerprint density at radius 3 is 2.86 bits per heavy atom.